The molecule has 5 nitrogen and oxygen atoms in total. The molecule has 0 radical (unpaired) electrons. The number of benzene rings is 1. The number of nitrogens with zero attached hydrogens (tertiary/aromatic N) is 1. The fourth-order valence-electron chi connectivity index (χ4n) is 0.952. The molecule has 0 aliphatic rings. The van der Waals surface area contributed by atoms with E-state index in [0.717, 1.165) is 10.4 Å². The molecule has 7 heteroatoms. The number of phenols is 1. The minimum absolute atomic E-state index is 0.0148. The highest BCUT2D eigenvalue weighted by molar-refractivity contribution is 7.89. The van der Waals surface area contributed by atoms with Gasteiger partial charge in [0.05, 0.1) is 10.7 Å². The molecule has 0 atom stereocenters. The van der Waals surface area contributed by atoms with Gasteiger partial charge in [0.1, 0.15) is 10.6 Å². The molecular formula is C8H11ClN2O3S. The van der Waals surface area contributed by atoms with Gasteiger partial charge in [-0.2, -0.15) is 0 Å². The van der Waals surface area contributed by atoms with Crippen molar-refractivity contribution in [2.45, 2.75) is 4.90 Å². The summed E-state index contributed by atoms with van der Waals surface area (Å²) in [5.74, 6) is -0.306. The third kappa shape index (κ3) is 2.17. The Morgan fingerprint density at radius 3 is 2.40 bits per heavy atom. The number of aromatic hydroxyl groups is 1. The van der Waals surface area contributed by atoms with Crippen LogP contribution in [0.3, 0.4) is 0 Å². The summed E-state index contributed by atoms with van der Waals surface area (Å²) in [7, 11) is -0.913. The minimum Gasteiger partial charge on any atom is -0.506 e. The minimum atomic E-state index is -3.66. The molecule has 0 bridgehead atoms. The molecule has 1 aromatic carbocycles. The van der Waals surface area contributed by atoms with Crippen LogP contribution in [-0.4, -0.2) is 31.9 Å². The van der Waals surface area contributed by atoms with E-state index >= 15 is 0 Å². The van der Waals surface area contributed by atoms with E-state index in [1.165, 1.54) is 20.2 Å². The zero-order valence-corrected chi connectivity index (χ0v) is 9.80. The molecule has 15 heavy (non-hydrogen) atoms. The number of nitrogens with two attached hydrogens (primary N) is 1. The predicted molar refractivity (Wildman–Crippen MR) is 58.4 cm³/mol. The van der Waals surface area contributed by atoms with Crippen LogP contribution in [0.2, 0.25) is 5.02 Å². The second-order valence-corrected chi connectivity index (χ2v) is 5.66. The zero-order chi connectivity index (χ0) is 11.8. The van der Waals surface area contributed by atoms with Crippen molar-refractivity contribution in [2.75, 3.05) is 19.8 Å². The number of phenolic OH excluding ortho intramolecular Hbond substituents is 1. The first-order valence-corrected chi connectivity index (χ1v) is 5.79. The number of anilines is 1. The second kappa shape index (κ2) is 3.88. The molecule has 0 saturated carbocycles. The predicted octanol–water partition coefficient (Wildman–Crippen LogP) is 0.878. The summed E-state index contributed by atoms with van der Waals surface area (Å²) in [6, 6.07) is 2.24. The number of hydrogen-bond acceptors (Lipinski definition) is 4. The van der Waals surface area contributed by atoms with Gasteiger partial charge in [0, 0.05) is 20.2 Å². The smallest absolute Gasteiger partial charge is 0.244 e. The third-order valence-electron chi connectivity index (χ3n) is 1.84. The molecule has 0 aliphatic heterocycles. The lowest BCUT2D eigenvalue weighted by atomic mass is 10.3. The molecule has 0 saturated heterocycles. The third-order valence-corrected chi connectivity index (χ3v) is 4.12. The van der Waals surface area contributed by atoms with Gasteiger partial charge in [-0.3, -0.25) is 0 Å². The molecule has 0 fully saturated rings. The lowest BCUT2D eigenvalue weighted by Gasteiger charge is -2.13. The Morgan fingerprint density at radius 1 is 1.40 bits per heavy atom. The van der Waals surface area contributed by atoms with Crippen LogP contribution in [0, 0.1) is 0 Å². The molecule has 0 amide bonds. The summed E-state index contributed by atoms with van der Waals surface area (Å²) in [6.07, 6.45) is 0. The van der Waals surface area contributed by atoms with Gasteiger partial charge in [-0.15, -0.1) is 0 Å². The molecule has 0 spiro atoms. The van der Waals surface area contributed by atoms with E-state index in [-0.39, 0.29) is 21.4 Å². The normalized spacial score (nSPS) is 12.0. The van der Waals surface area contributed by atoms with Crippen molar-refractivity contribution in [2.24, 2.45) is 0 Å². The maximum Gasteiger partial charge on any atom is 0.244 e. The van der Waals surface area contributed by atoms with Crippen LogP contribution in [0.4, 0.5) is 5.69 Å². The van der Waals surface area contributed by atoms with Gasteiger partial charge in [-0.1, -0.05) is 11.6 Å². The molecular weight excluding hydrogens is 240 g/mol. The summed E-state index contributed by atoms with van der Waals surface area (Å²) < 4.78 is 24.4. The average Bonchev–Trinajstić information content (AvgIpc) is 2.10. The summed E-state index contributed by atoms with van der Waals surface area (Å²) in [6.45, 7) is 0. The molecule has 0 aliphatic carbocycles. The molecule has 3 N–H and O–H groups in total. The van der Waals surface area contributed by atoms with Gasteiger partial charge in [-0.25, -0.2) is 12.7 Å². The maximum atomic E-state index is 11.7. The van der Waals surface area contributed by atoms with Crippen LogP contribution in [0.1, 0.15) is 0 Å². The van der Waals surface area contributed by atoms with Crippen molar-refractivity contribution in [3.8, 4) is 5.75 Å². The van der Waals surface area contributed by atoms with Crippen LogP contribution in [0.15, 0.2) is 17.0 Å². The molecule has 1 rings (SSSR count). The van der Waals surface area contributed by atoms with Gasteiger partial charge in [-0.05, 0) is 6.07 Å². The van der Waals surface area contributed by atoms with E-state index in [1.54, 1.807) is 0 Å². The molecule has 0 unspecified atom stereocenters. The maximum absolute atomic E-state index is 11.7. The van der Waals surface area contributed by atoms with Crippen LogP contribution in [0.25, 0.3) is 0 Å². The first-order valence-electron chi connectivity index (χ1n) is 3.97. The molecule has 84 valence electrons. The number of halogens is 1. The summed E-state index contributed by atoms with van der Waals surface area (Å²) >= 11 is 5.73. The van der Waals surface area contributed by atoms with Gasteiger partial charge in [0.2, 0.25) is 10.0 Å². The Morgan fingerprint density at radius 2 is 1.93 bits per heavy atom. The Balaban J connectivity index is 3.46. The van der Waals surface area contributed by atoms with Crippen molar-refractivity contribution < 1.29 is 13.5 Å². The monoisotopic (exact) mass is 250 g/mol. The molecule has 1 aromatic rings. The fraction of sp³-hybridized carbons (Fsp3) is 0.250. The van der Waals surface area contributed by atoms with Crippen LogP contribution < -0.4 is 5.73 Å². The van der Waals surface area contributed by atoms with Crippen molar-refractivity contribution in [3.05, 3.63) is 17.2 Å². The van der Waals surface area contributed by atoms with Crippen LogP contribution in [0.5, 0.6) is 5.75 Å². The Labute approximate surface area is 93.1 Å². The topological polar surface area (TPSA) is 83.6 Å². The molecule has 0 heterocycles. The van der Waals surface area contributed by atoms with E-state index in [2.05, 4.69) is 0 Å². The average molecular weight is 251 g/mol. The van der Waals surface area contributed by atoms with Gasteiger partial charge in [0.25, 0.3) is 0 Å². The van der Waals surface area contributed by atoms with E-state index in [9.17, 15) is 13.5 Å². The standard InChI is InChI=1S/C8H11ClN2O3S/c1-11(2)15(13,14)8-4-7(12)6(10)3-5(8)9/h3-4,12H,10H2,1-2H3. The Bertz CT molecular complexity index is 485. The first kappa shape index (κ1) is 12.1. The van der Waals surface area contributed by atoms with E-state index in [4.69, 9.17) is 17.3 Å². The van der Waals surface area contributed by atoms with E-state index < -0.39 is 10.0 Å². The summed E-state index contributed by atoms with van der Waals surface area (Å²) in [5, 5.41) is 9.29. The summed E-state index contributed by atoms with van der Waals surface area (Å²) in [4.78, 5) is -0.166. The zero-order valence-electron chi connectivity index (χ0n) is 8.23. The van der Waals surface area contributed by atoms with E-state index in [1.807, 2.05) is 0 Å². The van der Waals surface area contributed by atoms with Crippen molar-refractivity contribution in [1.29, 1.82) is 0 Å². The van der Waals surface area contributed by atoms with E-state index in [0.29, 0.717) is 0 Å². The number of sulfonamides is 1. The van der Waals surface area contributed by atoms with Gasteiger partial charge < -0.3 is 10.8 Å². The summed E-state index contributed by atoms with van der Waals surface area (Å²) in [5.41, 5.74) is 5.41. The highest BCUT2D eigenvalue weighted by atomic mass is 35.5. The highest BCUT2D eigenvalue weighted by Crippen LogP contribution is 2.31. The Hall–Kier alpha value is -0.980. The molecule has 0 aromatic heterocycles. The van der Waals surface area contributed by atoms with Crippen LogP contribution >= 0.6 is 11.6 Å². The highest BCUT2D eigenvalue weighted by Gasteiger charge is 2.22. The number of nitrogen functional groups attached to an aromatic ring is 1. The van der Waals surface area contributed by atoms with Crippen LogP contribution in [-0.2, 0) is 10.0 Å². The number of hydrogen-bond donors (Lipinski definition) is 2. The quantitative estimate of drug-likeness (QED) is 0.603. The SMILES string of the molecule is CN(C)S(=O)(=O)c1cc(O)c(N)cc1Cl. The van der Waals surface area contributed by atoms with Crippen molar-refractivity contribution in [1.82, 2.24) is 4.31 Å². The fourth-order valence-corrected chi connectivity index (χ4v) is 2.38. The first-order chi connectivity index (χ1) is 6.76. The van der Waals surface area contributed by atoms with Crippen molar-refractivity contribution >= 4 is 27.3 Å². The van der Waals surface area contributed by atoms with Crippen molar-refractivity contribution in [3.63, 3.8) is 0 Å². The lowest BCUT2D eigenvalue weighted by molar-refractivity contribution is 0.474. The van der Waals surface area contributed by atoms with Gasteiger partial charge in [0.15, 0.2) is 0 Å². The Kier molecular flexibility index (Phi) is 3.13. The number of rotatable bonds is 2. The van der Waals surface area contributed by atoms with Gasteiger partial charge >= 0.3 is 0 Å². The lowest BCUT2D eigenvalue weighted by Crippen LogP contribution is -2.22. The largest absolute Gasteiger partial charge is 0.506 e. The second-order valence-electron chi connectivity index (χ2n) is 3.13.